The van der Waals surface area contributed by atoms with E-state index in [1.165, 1.54) is 5.56 Å². The van der Waals surface area contributed by atoms with Gasteiger partial charge in [-0.1, -0.05) is 17.7 Å². The molecule has 4 amide bonds. The Kier molecular flexibility index (Phi) is 5.64. The summed E-state index contributed by atoms with van der Waals surface area (Å²) in [5, 5.41) is 4.41. The summed E-state index contributed by atoms with van der Waals surface area (Å²) < 4.78 is 11.8. The maximum Gasteiger partial charge on any atom is 0.328 e. The van der Waals surface area contributed by atoms with Crippen LogP contribution in [0.15, 0.2) is 77.5 Å². The highest BCUT2D eigenvalue weighted by Gasteiger charge is 2.57. The summed E-state index contributed by atoms with van der Waals surface area (Å²) >= 11 is 0. The molecule has 0 bridgehead atoms. The molecule has 0 unspecified atom stereocenters. The molecule has 2 aliphatic rings. The first-order valence-electron chi connectivity index (χ1n) is 12.1. The van der Waals surface area contributed by atoms with Crippen LogP contribution in [0.2, 0.25) is 0 Å². The van der Waals surface area contributed by atoms with Gasteiger partial charge in [0.05, 0.1) is 18.1 Å². The molecule has 2 aliphatic heterocycles. The Hall–Kier alpha value is -4.99. The van der Waals surface area contributed by atoms with Gasteiger partial charge in [-0.15, -0.1) is 0 Å². The SMILES string of the molecule is Cc1ccc(-c2ncc(-c3ccc(Oc4ccc(N5CCCC56C(=O)NC(=O)NC6=O)cn4)cc3)o2)cc1. The summed E-state index contributed by atoms with van der Waals surface area (Å²) in [6.45, 7) is 2.51. The van der Waals surface area contributed by atoms with E-state index in [9.17, 15) is 14.4 Å². The molecule has 10 nitrogen and oxygen atoms in total. The largest absolute Gasteiger partial charge is 0.439 e. The lowest BCUT2D eigenvalue weighted by Gasteiger charge is -2.38. The summed E-state index contributed by atoms with van der Waals surface area (Å²) in [4.78, 5) is 47.3. The first-order valence-corrected chi connectivity index (χ1v) is 12.1. The number of carbonyl (C=O) groups is 3. The quantitative estimate of drug-likeness (QED) is 0.383. The predicted molar refractivity (Wildman–Crippen MR) is 137 cm³/mol. The minimum absolute atomic E-state index is 0.306. The highest BCUT2D eigenvalue weighted by molar-refractivity contribution is 6.24. The molecule has 190 valence electrons. The lowest BCUT2D eigenvalue weighted by atomic mass is 9.92. The first-order chi connectivity index (χ1) is 18.4. The average molecular weight is 510 g/mol. The monoisotopic (exact) mass is 509 g/mol. The Labute approximate surface area is 217 Å². The van der Waals surface area contributed by atoms with Crippen molar-refractivity contribution in [2.45, 2.75) is 25.3 Å². The fourth-order valence-corrected chi connectivity index (χ4v) is 4.83. The molecule has 6 rings (SSSR count). The molecule has 2 aromatic carbocycles. The number of nitrogens with zero attached hydrogens (tertiary/aromatic N) is 3. The Morgan fingerprint density at radius 2 is 1.58 bits per heavy atom. The first kappa shape index (κ1) is 23.4. The third-order valence-corrected chi connectivity index (χ3v) is 6.78. The average Bonchev–Trinajstić information content (AvgIpc) is 3.58. The Bertz CT molecular complexity index is 1510. The number of amides is 4. The standard InChI is InChI=1S/C28H23N5O5/c1-17-3-5-19(6-4-17)24-30-16-22(38-24)18-7-10-21(11-8-18)37-23-12-9-20(15-29-23)33-14-2-13-28(33)25(34)31-27(36)32-26(28)35/h3-12,15-16H,2,13-14H2,1H3,(H2,31,32,34,35,36). The number of rotatable bonds is 5. The van der Waals surface area contributed by atoms with E-state index in [1.54, 1.807) is 29.4 Å². The van der Waals surface area contributed by atoms with E-state index in [1.807, 2.05) is 55.5 Å². The van der Waals surface area contributed by atoms with Crippen molar-refractivity contribution < 1.29 is 23.5 Å². The maximum absolute atomic E-state index is 12.7. The number of benzene rings is 2. The fourth-order valence-electron chi connectivity index (χ4n) is 4.83. The van der Waals surface area contributed by atoms with Crippen LogP contribution < -0.4 is 20.3 Å². The van der Waals surface area contributed by atoms with E-state index >= 15 is 0 Å². The Morgan fingerprint density at radius 1 is 0.868 bits per heavy atom. The number of nitrogens with one attached hydrogen (secondary N) is 2. The van der Waals surface area contributed by atoms with E-state index in [2.05, 4.69) is 20.6 Å². The van der Waals surface area contributed by atoms with E-state index in [4.69, 9.17) is 9.15 Å². The van der Waals surface area contributed by atoms with Gasteiger partial charge in [0.2, 0.25) is 11.8 Å². The molecule has 0 radical (unpaired) electrons. The van der Waals surface area contributed by atoms with Crippen LogP contribution in [0.4, 0.5) is 10.5 Å². The van der Waals surface area contributed by atoms with Gasteiger partial charge in [0.15, 0.2) is 11.3 Å². The van der Waals surface area contributed by atoms with E-state index in [0.717, 1.165) is 11.1 Å². The van der Waals surface area contributed by atoms with Crippen molar-refractivity contribution >= 4 is 23.5 Å². The van der Waals surface area contributed by atoms with Crippen molar-refractivity contribution in [3.05, 3.63) is 78.6 Å². The van der Waals surface area contributed by atoms with Crippen LogP contribution in [-0.4, -0.2) is 39.9 Å². The zero-order chi connectivity index (χ0) is 26.3. The molecule has 0 atom stereocenters. The summed E-state index contributed by atoms with van der Waals surface area (Å²) in [6, 6.07) is 17.9. The third kappa shape index (κ3) is 4.05. The Morgan fingerprint density at radius 3 is 2.26 bits per heavy atom. The number of oxazole rings is 1. The Balaban J connectivity index is 1.15. The van der Waals surface area contributed by atoms with Crippen molar-refractivity contribution in [2.24, 2.45) is 0 Å². The van der Waals surface area contributed by atoms with E-state index < -0.39 is 23.4 Å². The molecule has 1 spiro atoms. The number of barbiturate groups is 1. The van der Waals surface area contributed by atoms with Crippen LogP contribution in [0.25, 0.3) is 22.8 Å². The van der Waals surface area contributed by atoms with Gasteiger partial charge >= 0.3 is 6.03 Å². The summed E-state index contributed by atoms with van der Waals surface area (Å²) in [5.41, 5.74) is 2.05. The maximum atomic E-state index is 12.7. The lowest BCUT2D eigenvalue weighted by Crippen LogP contribution is -2.71. The van der Waals surface area contributed by atoms with Gasteiger partial charge in [-0.25, -0.2) is 14.8 Å². The van der Waals surface area contributed by atoms with Crippen molar-refractivity contribution in [2.75, 3.05) is 11.4 Å². The predicted octanol–water partition coefficient (Wildman–Crippen LogP) is 4.21. The van der Waals surface area contributed by atoms with Crippen LogP contribution in [0.3, 0.4) is 0 Å². The molecule has 2 N–H and O–H groups in total. The number of aromatic nitrogens is 2. The van der Waals surface area contributed by atoms with Crippen molar-refractivity contribution in [3.8, 4) is 34.4 Å². The number of carbonyl (C=O) groups excluding carboxylic acids is 3. The van der Waals surface area contributed by atoms with Crippen molar-refractivity contribution in [1.29, 1.82) is 0 Å². The molecule has 0 saturated carbocycles. The van der Waals surface area contributed by atoms with Crippen LogP contribution in [0.5, 0.6) is 11.6 Å². The fraction of sp³-hybridized carbons (Fsp3) is 0.179. The number of anilines is 1. The number of imide groups is 2. The van der Waals surface area contributed by atoms with Gasteiger partial charge in [0.1, 0.15) is 5.75 Å². The highest BCUT2D eigenvalue weighted by atomic mass is 16.5. The number of pyridine rings is 1. The van der Waals surface area contributed by atoms with Crippen LogP contribution in [-0.2, 0) is 9.59 Å². The van der Waals surface area contributed by atoms with E-state index in [-0.39, 0.29) is 0 Å². The van der Waals surface area contributed by atoms with Gasteiger partial charge in [-0.2, -0.15) is 0 Å². The second-order valence-corrected chi connectivity index (χ2v) is 9.23. The molecule has 4 aromatic rings. The third-order valence-electron chi connectivity index (χ3n) is 6.78. The molecule has 4 heterocycles. The molecule has 2 aromatic heterocycles. The number of hydrogen-bond donors (Lipinski definition) is 2. The highest BCUT2D eigenvalue weighted by Crippen LogP contribution is 2.36. The molecule has 2 saturated heterocycles. The lowest BCUT2D eigenvalue weighted by molar-refractivity contribution is -0.137. The summed E-state index contributed by atoms with van der Waals surface area (Å²) in [7, 11) is 0. The number of urea groups is 1. The van der Waals surface area contributed by atoms with Crippen molar-refractivity contribution in [3.63, 3.8) is 0 Å². The van der Waals surface area contributed by atoms with Gasteiger partial charge < -0.3 is 14.1 Å². The number of hydrogen-bond acceptors (Lipinski definition) is 8. The van der Waals surface area contributed by atoms with Gasteiger partial charge in [0, 0.05) is 23.7 Å². The van der Waals surface area contributed by atoms with Crippen LogP contribution >= 0.6 is 0 Å². The normalized spacial score (nSPS) is 16.4. The number of ether oxygens (including phenoxy) is 1. The minimum Gasteiger partial charge on any atom is -0.439 e. The van der Waals surface area contributed by atoms with Crippen molar-refractivity contribution in [1.82, 2.24) is 20.6 Å². The van der Waals surface area contributed by atoms with E-state index in [0.29, 0.717) is 48.4 Å². The molecule has 0 aliphatic carbocycles. The minimum atomic E-state index is -1.46. The summed E-state index contributed by atoms with van der Waals surface area (Å²) in [6.07, 6.45) is 4.17. The van der Waals surface area contributed by atoms with Crippen LogP contribution in [0.1, 0.15) is 18.4 Å². The zero-order valence-electron chi connectivity index (χ0n) is 20.4. The van der Waals surface area contributed by atoms with Crippen LogP contribution in [0, 0.1) is 6.92 Å². The zero-order valence-corrected chi connectivity index (χ0v) is 20.4. The molecule has 38 heavy (non-hydrogen) atoms. The van der Waals surface area contributed by atoms with Gasteiger partial charge in [-0.3, -0.25) is 20.2 Å². The number of aryl methyl sites for hydroxylation is 1. The smallest absolute Gasteiger partial charge is 0.328 e. The summed E-state index contributed by atoms with van der Waals surface area (Å²) in [5.74, 6) is 0.882. The topological polar surface area (TPSA) is 127 Å². The molecular formula is C28H23N5O5. The molecule has 10 heteroatoms. The second kappa shape index (κ2) is 9.15. The van der Waals surface area contributed by atoms with Gasteiger partial charge in [0.25, 0.3) is 11.8 Å². The van der Waals surface area contributed by atoms with Gasteiger partial charge in [-0.05, 0) is 62.2 Å². The molecular weight excluding hydrogens is 486 g/mol. The molecule has 2 fully saturated rings. The second-order valence-electron chi connectivity index (χ2n) is 9.23.